The maximum absolute atomic E-state index is 13.6. The van der Waals surface area contributed by atoms with Crippen molar-refractivity contribution < 1.29 is 32.2 Å². The number of hydrogen-bond acceptors (Lipinski definition) is 9. The van der Waals surface area contributed by atoms with E-state index in [0.717, 1.165) is 36.8 Å². The predicted molar refractivity (Wildman–Crippen MR) is 178 cm³/mol. The van der Waals surface area contributed by atoms with Crippen molar-refractivity contribution in [2.75, 3.05) is 72.5 Å². The highest BCUT2D eigenvalue weighted by Gasteiger charge is 2.34. The molecule has 256 valence electrons. The largest absolute Gasteiger partial charge is 0.493 e. The lowest BCUT2D eigenvalue weighted by Crippen LogP contribution is -2.55. The Balaban J connectivity index is 1.37. The third-order valence-corrected chi connectivity index (χ3v) is 11.2. The third-order valence-electron chi connectivity index (χ3n) is 9.16. The van der Waals surface area contributed by atoms with E-state index >= 15 is 0 Å². The van der Waals surface area contributed by atoms with Gasteiger partial charge in [-0.1, -0.05) is 18.9 Å². The number of fused-ring (bicyclic) bond motifs is 3. The van der Waals surface area contributed by atoms with Crippen molar-refractivity contribution in [3.63, 3.8) is 0 Å². The normalized spacial score (nSPS) is 19.0. The van der Waals surface area contributed by atoms with Crippen LogP contribution in [0.4, 0.5) is 5.69 Å². The van der Waals surface area contributed by atoms with E-state index < -0.39 is 16.3 Å². The molecule has 2 fully saturated rings. The number of ether oxygens (including phenoxy) is 3. The number of carbonyl (C=O) groups excluding carboxylic acids is 2. The van der Waals surface area contributed by atoms with E-state index in [-0.39, 0.29) is 55.7 Å². The summed E-state index contributed by atoms with van der Waals surface area (Å²) < 4.78 is 46.5. The molecule has 2 N–H and O–H groups in total. The number of methoxy groups -OCH3 is 3. The van der Waals surface area contributed by atoms with Gasteiger partial charge in [-0.05, 0) is 60.6 Å². The van der Waals surface area contributed by atoms with Crippen LogP contribution in [0, 0.1) is 0 Å². The van der Waals surface area contributed by atoms with Crippen LogP contribution < -0.4 is 30.3 Å². The summed E-state index contributed by atoms with van der Waals surface area (Å²) >= 11 is 0. The van der Waals surface area contributed by atoms with Gasteiger partial charge in [-0.15, -0.1) is 0 Å². The first-order chi connectivity index (χ1) is 22.6. The molecule has 2 amide bonds. The van der Waals surface area contributed by atoms with Crippen LogP contribution in [0.5, 0.6) is 17.2 Å². The lowest BCUT2D eigenvalue weighted by molar-refractivity contribution is -0.130. The van der Waals surface area contributed by atoms with Gasteiger partial charge in [-0.3, -0.25) is 14.4 Å². The highest BCUT2D eigenvalue weighted by atomic mass is 32.2. The molecule has 47 heavy (non-hydrogen) atoms. The van der Waals surface area contributed by atoms with Crippen LogP contribution >= 0.6 is 0 Å². The zero-order valence-corrected chi connectivity index (χ0v) is 28.4. The predicted octanol–water partition coefficient (Wildman–Crippen LogP) is 2.54. The molecule has 0 radical (unpaired) electrons. The van der Waals surface area contributed by atoms with Gasteiger partial charge >= 0.3 is 0 Å². The number of anilines is 1. The molecular formula is C33H45N5O8S. The molecule has 0 spiro atoms. The van der Waals surface area contributed by atoms with Gasteiger partial charge in [0.2, 0.25) is 23.0 Å². The number of rotatable bonds is 9. The Kier molecular flexibility index (Phi) is 10.9. The first-order valence-corrected chi connectivity index (χ1v) is 17.5. The van der Waals surface area contributed by atoms with Gasteiger partial charge in [0, 0.05) is 51.8 Å². The maximum Gasteiger partial charge on any atom is 0.282 e. The molecule has 2 aromatic rings. The summed E-state index contributed by atoms with van der Waals surface area (Å²) in [5, 5.41) is 6.00. The van der Waals surface area contributed by atoms with Gasteiger partial charge in [0.15, 0.2) is 11.5 Å². The summed E-state index contributed by atoms with van der Waals surface area (Å²) in [6.07, 6.45) is 4.91. The van der Waals surface area contributed by atoms with Crippen molar-refractivity contribution in [1.82, 2.24) is 18.8 Å². The Bertz CT molecular complexity index is 1650. The first kappa shape index (κ1) is 34.5. The number of piperazine rings is 1. The molecule has 0 bridgehead atoms. The van der Waals surface area contributed by atoms with Crippen molar-refractivity contribution in [2.45, 2.75) is 51.5 Å². The fourth-order valence-electron chi connectivity index (χ4n) is 6.74. The quantitative estimate of drug-likeness (QED) is 0.411. The molecule has 0 saturated carbocycles. The molecule has 2 aromatic carbocycles. The number of hydrogen-bond donors (Lipinski definition) is 2. The highest BCUT2D eigenvalue weighted by Crippen LogP contribution is 2.50. The molecule has 2 heterocycles. The molecule has 2 aliphatic heterocycles. The standard InChI is InChI=1S/C33H45N5O8S/c1-22(39)35-26-11-9-23-19-29(44-2)32(45-3)33(46-4)31(23)24-10-12-27(28(40)20-25(24)26)34-21-30(41)36-15-17-38(18-16-36)47(42,43)37-13-7-5-6-8-14-37/h10,12,19-20,26H,5-9,11,13-18,21H2,1-4H3,(H,34,40)(H,35,39). The Hall–Kier alpha value is -3.88. The SMILES string of the molecule is COc1cc2c(c(OC)c1OC)-c1ccc(NCC(=O)N3CCN(S(=O)(=O)N4CCCCCC4)CC3)c(=O)cc1C(NC(C)=O)CC2. The minimum Gasteiger partial charge on any atom is -0.493 e. The van der Waals surface area contributed by atoms with Crippen molar-refractivity contribution in [3.8, 4) is 28.4 Å². The average Bonchev–Trinajstić information content (AvgIpc) is 3.49. The van der Waals surface area contributed by atoms with Crippen LogP contribution in [0.3, 0.4) is 0 Å². The molecule has 13 nitrogen and oxygen atoms in total. The second-order valence-corrected chi connectivity index (χ2v) is 14.0. The van der Waals surface area contributed by atoms with E-state index in [1.54, 1.807) is 28.4 Å². The van der Waals surface area contributed by atoms with E-state index in [4.69, 9.17) is 14.2 Å². The Morgan fingerprint density at radius 1 is 0.872 bits per heavy atom. The highest BCUT2D eigenvalue weighted by molar-refractivity contribution is 7.86. The molecule has 2 saturated heterocycles. The minimum absolute atomic E-state index is 0.136. The van der Waals surface area contributed by atoms with Crippen molar-refractivity contribution in [3.05, 3.63) is 45.6 Å². The van der Waals surface area contributed by atoms with Gasteiger partial charge in [-0.2, -0.15) is 17.0 Å². The monoisotopic (exact) mass is 671 g/mol. The second kappa shape index (κ2) is 14.9. The van der Waals surface area contributed by atoms with Gasteiger partial charge in [0.1, 0.15) is 0 Å². The molecule has 3 aliphatic rings. The van der Waals surface area contributed by atoms with Crippen LogP contribution in [-0.2, 0) is 26.2 Å². The number of nitrogens with one attached hydrogen (secondary N) is 2. The summed E-state index contributed by atoms with van der Waals surface area (Å²) in [5.41, 5.74) is 2.83. The number of carbonyl (C=O) groups is 2. The fraction of sp³-hybridized carbons (Fsp3) is 0.545. The van der Waals surface area contributed by atoms with E-state index in [2.05, 4.69) is 10.6 Å². The lowest BCUT2D eigenvalue weighted by Gasteiger charge is -2.36. The van der Waals surface area contributed by atoms with Crippen molar-refractivity contribution >= 4 is 27.7 Å². The fourth-order valence-corrected chi connectivity index (χ4v) is 8.41. The summed E-state index contributed by atoms with van der Waals surface area (Å²) in [4.78, 5) is 40.6. The Morgan fingerprint density at radius 2 is 1.53 bits per heavy atom. The molecule has 0 aromatic heterocycles. The summed E-state index contributed by atoms with van der Waals surface area (Å²) in [6.45, 7) is 3.37. The minimum atomic E-state index is -3.56. The summed E-state index contributed by atoms with van der Waals surface area (Å²) in [6, 6.07) is 6.37. The van der Waals surface area contributed by atoms with Crippen molar-refractivity contribution in [2.24, 2.45) is 0 Å². The first-order valence-electron chi connectivity index (χ1n) is 16.1. The summed E-state index contributed by atoms with van der Waals surface area (Å²) in [7, 11) is 1.06. The van der Waals surface area contributed by atoms with Crippen LogP contribution in [0.2, 0.25) is 0 Å². The molecule has 1 atom stereocenters. The van der Waals surface area contributed by atoms with E-state index in [1.807, 2.05) is 6.07 Å². The zero-order chi connectivity index (χ0) is 33.7. The number of amides is 2. The smallest absolute Gasteiger partial charge is 0.282 e. The second-order valence-electron chi connectivity index (χ2n) is 12.1. The van der Waals surface area contributed by atoms with Crippen LogP contribution in [-0.4, -0.2) is 101 Å². The zero-order valence-electron chi connectivity index (χ0n) is 27.6. The average molecular weight is 672 g/mol. The van der Waals surface area contributed by atoms with Gasteiger partial charge in [-0.25, -0.2) is 0 Å². The molecule has 14 heteroatoms. The number of aryl methyl sites for hydroxylation is 1. The van der Waals surface area contributed by atoms with Gasteiger partial charge in [0.05, 0.1) is 39.6 Å². The van der Waals surface area contributed by atoms with E-state index in [1.165, 1.54) is 31.5 Å². The molecule has 5 rings (SSSR count). The van der Waals surface area contributed by atoms with Gasteiger partial charge in [0.25, 0.3) is 10.2 Å². The Labute approximate surface area is 276 Å². The Morgan fingerprint density at radius 3 is 2.15 bits per heavy atom. The van der Waals surface area contributed by atoms with Crippen LogP contribution in [0.15, 0.2) is 29.1 Å². The maximum atomic E-state index is 13.6. The number of benzene rings is 1. The van der Waals surface area contributed by atoms with E-state index in [9.17, 15) is 22.8 Å². The molecule has 1 aliphatic carbocycles. The summed E-state index contributed by atoms with van der Waals surface area (Å²) in [5.74, 6) is 0.913. The topological polar surface area (TPSA) is 147 Å². The van der Waals surface area contributed by atoms with E-state index in [0.29, 0.717) is 54.3 Å². The lowest BCUT2D eigenvalue weighted by atomic mass is 9.95. The van der Waals surface area contributed by atoms with Crippen LogP contribution in [0.25, 0.3) is 11.1 Å². The molecule has 1 unspecified atom stereocenters. The molecular weight excluding hydrogens is 626 g/mol. The number of nitrogens with zero attached hydrogens (tertiary/aromatic N) is 3. The van der Waals surface area contributed by atoms with Gasteiger partial charge < -0.3 is 29.7 Å². The third kappa shape index (κ3) is 7.34. The van der Waals surface area contributed by atoms with Crippen LogP contribution in [0.1, 0.15) is 56.2 Å². The van der Waals surface area contributed by atoms with Crippen molar-refractivity contribution in [1.29, 1.82) is 0 Å².